The second-order valence-corrected chi connectivity index (χ2v) is 5.62. The van der Waals surface area contributed by atoms with Gasteiger partial charge in [-0.25, -0.2) is 0 Å². The number of nitrogens with one attached hydrogen (secondary N) is 1. The van der Waals surface area contributed by atoms with Gasteiger partial charge in [-0.05, 0) is 43.1 Å². The van der Waals surface area contributed by atoms with E-state index >= 15 is 0 Å². The maximum atomic E-state index is 8.68. The van der Waals surface area contributed by atoms with Crippen molar-refractivity contribution in [3.63, 3.8) is 0 Å². The normalized spacial score (nSPS) is 14.9. The zero-order valence-electron chi connectivity index (χ0n) is 9.22. The lowest BCUT2D eigenvalue weighted by Crippen LogP contribution is -2.16. The highest BCUT2D eigenvalue weighted by atomic mass is 35.5. The Labute approximate surface area is 115 Å². The Morgan fingerprint density at radius 2 is 1.94 bits per heavy atom. The van der Waals surface area contributed by atoms with E-state index < -0.39 is 0 Å². The zero-order chi connectivity index (χ0) is 12.3. The molecule has 0 amide bonds. The lowest BCUT2D eigenvalue weighted by atomic mass is 10.0. The van der Waals surface area contributed by atoms with E-state index in [1.807, 2.05) is 0 Å². The second-order valence-electron chi connectivity index (χ2n) is 3.82. The fourth-order valence-electron chi connectivity index (χ4n) is 2.04. The third-order valence-electron chi connectivity index (χ3n) is 2.78. The van der Waals surface area contributed by atoms with Crippen LogP contribution in [0.4, 0.5) is 0 Å². The molecule has 0 saturated heterocycles. The van der Waals surface area contributed by atoms with Crippen LogP contribution in [0.3, 0.4) is 0 Å². The lowest BCUT2D eigenvalue weighted by Gasteiger charge is -2.14. The number of rotatable bonds is 2. The number of hydrogen-bond acceptors (Lipinski definition) is 3. The topological polar surface area (TPSA) is 35.8 Å². The quantitative estimate of drug-likeness (QED) is 0.848. The molecule has 1 aromatic carbocycles. The first-order valence-electron chi connectivity index (χ1n) is 5.44. The van der Waals surface area contributed by atoms with E-state index in [9.17, 15) is 0 Å². The number of nitriles is 1. The van der Waals surface area contributed by atoms with Crippen LogP contribution in [0.25, 0.3) is 0 Å². The maximum absolute atomic E-state index is 8.68. The molecule has 1 aliphatic rings. The van der Waals surface area contributed by atoms with E-state index in [0.29, 0.717) is 10.8 Å². The van der Waals surface area contributed by atoms with Crippen molar-refractivity contribution in [2.24, 2.45) is 0 Å². The first-order valence-corrected chi connectivity index (χ1v) is 7.18. The van der Waals surface area contributed by atoms with Crippen molar-refractivity contribution in [2.45, 2.75) is 17.7 Å². The first-order chi connectivity index (χ1) is 8.24. The molecule has 0 bridgehead atoms. The Hall–Kier alpha value is -0.400. The van der Waals surface area contributed by atoms with Crippen LogP contribution in [-0.4, -0.2) is 18.8 Å². The second kappa shape index (κ2) is 5.97. The van der Waals surface area contributed by atoms with Crippen molar-refractivity contribution in [3.8, 4) is 6.07 Å². The molecular formula is C12H12Cl2N2S. The van der Waals surface area contributed by atoms with Crippen LogP contribution in [0.5, 0.6) is 0 Å². The van der Waals surface area contributed by atoms with Gasteiger partial charge in [0, 0.05) is 9.92 Å². The molecule has 0 saturated carbocycles. The average molecular weight is 287 g/mol. The predicted octanol–water partition coefficient (Wildman–Crippen LogP) is 3.30. The van der Waals surface area contributed by atoms with Crippen LogP contribution in [0.1, 0.15) is 11.1 Å². The Kier molecular flexibility index (Phi) is 4.58. The standard InChI is InChI=1S/C12H12Cl2N2S/c13-10-7-11(14)12(17-6-3-15)9-2-5-16-4-1-8(9)10/h7,16H,1-2,4-6H2. The van der Waals surface area contributed by atoms with Gasteiger partial charge in [-0.1, -0.05) is 23.2 Å². The molecule has 5 heteroatoms. The maximum Gasteiger partial charge on any atom is 0.0855 e. The van der Waals surface area contributed by atoms with E-state index in [0.717, 1.165) is 35.8 Å². The summed E-state index contributed by atoms with van der Waals surface area (Å²) in [5, 5.41) is 13.4. The van der Waals surface area contributed by atoms with E-state index in [-0.39, 0.29) is 0 Å². The number of hydrogen-bond donors (Lipinski definition) is 1. The highest BCUT2D eigenvalue weighted by Gasteiger charge is 2.18. The third-order valence-corrected chi connectivity index (χ3v) is 4.56. The highest BCUT2D eigenvalue weighted by Crippen LogP contribution is 2.37. The zero-order valence-corrected chi connectivity index (χ0v) is 11.6. The fraction of sp³-hybridized carbons (Fsp3) is 0.417. The Bertz CT molecular complexity index is 469. The molecule has 0 fully saturated rings. The number of benzene rings is 1. The van der Waals surface area contributed by atoms with Gasteiger partial charge in [0.05, 0.1) is 16.8 Å². The summed E-state index contributed by atoms with van der Waals surface area (Å²) in [6.07, 6.45) is 1.84. The SMILES string of the molecule is N#CCSc1c(Cl)cc(Cl)c2c1CCNCC2. The molecule has 0 spiro atoms. The van der Waals surface area contributed by atoms with Gasteiger partial charge < -0.3 is 5.32 Å². The van der Waals surface area contributed by atoms with Crippen molar-refractivity contribution in [2.75, 3.05) is 18.8 Å². The molecule has 1 heterocycles. The van der Waals surface area contributed by atoms with E-state index in [1.54, 1.807) is 6.07 Å². The van der Waals surface area contributed by atoms with Gasteiger partial charge in [-0.3, -0.25) is 0 Å². The van der Waals surface area contributed by atoms with Gasteiger partial charge in [-0.15, -0.1) is 11.8 Å². The number of halogens is 2. The Morgan fingerprint density at radius 1 is 1.24 bits per heavy atom. The third kappa shape index (κ3) is 2.89. The fourth-order valence-corrected chi connectivity index (χ4v) is 3.60. The molecular weight excluding hydrogens is 275 g/mol. The summed E-state index contributed by atoms with van der Waals surface area (Å²) < 4.78 is 0. The minimum atomic E-state index is 0.418. The van der Waals surface area contributed by atoms with Crippen molar-refractivity contribution < 1.29 is 0 Å². The van der Waals surface area contributed by atoms with Crippen LogP contribution in [-0.2, 0) is 12.8 Å². The summed E-state index contributed by atoms with van der Waals surface area (Å²) in [5.41, 5.74) is 2.40. The largest absolute Gasteiger partial charge is 0.316 e. The summed E-state index contributed by atoms with van der Waals surface area (Å²) >= 11 is 14.0. The number of thioether (sulfide) groups is 1. The van der Waals surface area contributed by atoms with Crippen LogP contribution < -0.4 is 5.32 Å². The van der Waals surface area contributed by atoms with Crippen LogP contribution in [0.2, 0.25) is 10.0 Å². The van der Waals surface area contributed by atoms with Crippen molar-refractivity contribution >= 4 is 35.0 Å². The van der Waals surface area contributed by atoms with Crippen LogP contribution in [0, 0.1) is 11.3 Å². The Balaban J connectivity index is 2.46. The molecule has 0 radical (unpaired) electrons. The van der Waals surface area contributed by atoms with Gasteiger partial charge in [-0.2, -0.15) is 5.26 Å². The molecule has 0 aliphatic carbocycles. The molecule has 0 aromatic heterocycles. The van der Waals surface area contributed by atoms with Gasteiger partial charge in [0.2, 0.25) is 0 Å². The summed E-state index contributed by atoms with van der Waals surface area (Å²) in [6.45, 7) is 1.88. The minimum absolute atomic E-state index is 0.418. The molecule has 2 rings (SSSR count). The monoisotopic (exact) mass is 286 g/mol. The van der Waals surface area contributed by atoms with Gasteiger partial charge >= 0.3 is 0 Å². The van der Waals surface area contributed by atoms with Crippen molar-refractivity contribution in [1.29, 1.82) is 5.26 Å². The molecule has 90 valence electrons. The smallest absolute Gasteiger partial charge is 0.0855 e. The summed E-state index contributed by atoms with van der Waals surface area (Å²) in [7, 11) is 0. The first kappa shape index (κ1) is 13.0. The molecule has 2 nitrogen and oxygen atoms in total. The predicted molar refractivity (Wildman–Crippen MR) is 73.1 cm³/mol. The molecule has 0 unspecified atom stereocenters. The van der Waals surface area contributed by atoms with Crippen LogP contribution in [0.15, 0.2) is 11.0 Å². The average Bonchev–Trinajstić information content (AvgIpc) is 2.54. The molecule has 0 atom stereocenters. The van der Waals surface area contributed by atoms with E-state index in [2.05, 4.69) is 11.4 Å². The van der Waals surface area contributed by atoms with Gasteiger partial charge in [0.25, 0.3) is 0 Å². The number of nitrogens with zero attached hydrogens (tertiary/aromatic N) is 1. The summed E-state index contributed by atoms with van der Waals surface area (Å²) in [4.78, 5) is 1.02. The van der Waals surface area contributed by atoms with Crippen LogP contribution >= 0.6 is 35.0 Å². The minimum Gasteiger partial charge on any atom is -0.316 e. The lowest BCUT2D eigenvalue weighted by molar-refractivity contribution is 0.709. The molecule has 1 aliphatic heterocycles. The van der Waals surface area contributed by atoms with Gasteiger partial charge in [0.15, 0.2) is 0 Å². The van der Waals surface area contributed by atoms with Crippen molar-refractivity contribution in [3.05, 3.63) is 27.2 Å². The number of fused-ring (bicyclic) bond motifs is 1. The molecule has 17 heavy (non-hydrogen) atoms. The molecule has 1 aromatic rings. The van der Waals surface area contributed by atoms with Crippen molar-refractivity contribution in [1.82, 2.24) is 5.32 Å². The van der Waals surface area contributed by atoms with E-state index in [4.69, 9.17) is 28.5 Å². The molecule has 1 N–H and O–H groups in total. The highest BCUT2D eigenvalue weighted by molar-refractivity contribution is 7.99. The summed E-state index contributed by atoms with van der Waals surface area (Å²) in [5.74, 6) is 0.418. The van der Waals surface area contributed by atoms with E-state index in [1.165, 1.54) is 22.9 Å². The Morgan fingerprint density at radius 3 is 2.65 bits per heavy atom. The van der Waals surface area contributed by atoms with Gasteiger partial charge in [0.1, 0.15) is 0 Å². The summed E-state index contributed by atoms with van der Waals surface area (Å²) in [6, 6.07) is 3.93.